The molecule has 1 N–H and O–H groups in total. The Kier molecular flexibility index (Phi) is 6.50. The highest BCUT2D eigenvalue weighted by Gasteiger charge is 2.06. The van der Waals surface area contributed by atoms with Crippen molar-refractivity contribution in [3.8, 4) is 0 Å². The van der Waals surface area contributed by atoms with Crippen LogP contribution in [0.4, 0.5) is 4.39 Å². The summed E-state index contributed by atoms with van der Waals surface area (Å²) in [5.74, 6) is -1.30. The number of esters is 1. The first kappa shape index (κ1) is 16.9. The third-order valence-corrected chi connectivity index (χ3v) is 3.68. The first-order valence-electron chi connectivity index (χ1n) is 7.02. The number of thiophene rings is 1. The van der Waals surface area contributed by atoms with Gasteiger partial charge in [0, 0.05) is 12.6 Å². The molecule has 6 heteroatoms. The summed E-state index contributed by atoms with van der Waals surface area (Å²) < 4.78 is 18.2. The van der Waals surface area contributed by atoms with Crippen LogP contribution in [-0.2, 0) is 20.7 Å². The molecule has 0 spiro atoms. The Labute approximate surface area is 137 Å². The summed E-state index contributed by atoms with van der Waals surface area (Å²) in [7, 11) is 0. The number of halogens is 1. The molecule has 0 aliphatic rings. The molecule has 0 radical (unpaired) electrons. The molecular formula is C17H16FNO3S. The smallest absolute Gasteiger partial charge is 0.331 e. The average Bonchev–Trinajstić information content (AvgIpc) is 3.06. The van der Waals surface area contributed by atoms with Crippen LogP contribution in [0.5, 0.6) is 0 Å². The quantitative estimate of drug-likeness (QED) is 0.626. The summed E-state index contributed by atoms with van der Waals surface area (Å²) in [5.41, 5.74) is 1.43. The van der Waals surface area contributed by atoms with Gasteiger partial charge in [-0.3, -0.25) is 4.79 Å². The van der Waals surface area contributed by atoms with E-state index in [0.717, 1.165) is 5.56 Å². The maximum absolute atomic E-state index is 13.4. The maximum atomic E-state index is 13.4. The second-order valence-electron chi connectivity index (χ2n) is 4.69. The van der Waals surface area contributed by atoms with Gasteiger partial charge in [-0.15, -0.1) is 0 Å². The fourth-order valence-corrected chi connectivity index (χ4v) is 2.44. The van der Waals surface area contributed by atoms with E-state index in [1.807, 2.05) is 16.8 Å². The van der Waals surface area contributed by atoms with Crippen molar-refractivity contribution in [2.24, 2.45) is 0 Å². The second kappa shape index (κ2) is 8.85. The van der Waals surface area contributed by atoms with E-state index in [0.29, 0.717) is 12.0 Å². The lowest BCUT2D eigenvalue weighted by Gasteiger charge is -2.06. The molecule has 1 aromatic carbocycles. The van der Waals surface area contributed by atoms with Crippen LogP contribution in [0.15, 0.2) is 47.2 Å². The van der Waals surface area contributed by atoms with Gasteiger partial charge in [0.25, 0.3) is 5.91 Å². The van der Waals surface area contributed by atoms with Crippen molar-refractivity contribution in [2.75, 3.05) is 13.2 Å². The molecule has 0 fully saturated rings. The highest BCUT2D eigenvalue weighted by atomic mass is 32.1. The Hall–Kier alpha value is -2.47. The van der Waals surface area contributed by atoms with Gasteiger partial charge in [0.1, 0.15) is 5.82 Å². The molecule has 120 valence electrons. The molecule has 0 aliphatic carbocycles. The minimum Gasteiger partial charge on any atom is -0.452 e. The minimum atomic E-state index is -0.583. The van der Waals surface area contributed by atoms with Gasteiger partial charge in [0.2, 0.25) is 0 Å². The monoisotopic (exact) mass is 333 g/mol. The van der Waals surface area contributed by atoms with E-state index in [2.05, 4.69) is 5.32 Å². The third-order valence-electron chi connectivity index (χ3n) is 2.97. The predicted molar refractivity (Wildman–Crippen MR) is 87.4 cm³/mol. The van der Waals surface area contributed by atoms with Crippen LogP contribution in [0.2, 0.25) is 0 Å². The predicted octanol–water partition coefficient (Wildman–Crippen LogP) is 2.80. The van der Waals surface area contributed by atoms with Crippen molar-refractivity contribution in [2.45, 2.75) is 6.42 Å². The normalized spacial score (nSPS) is 10.7. The summed E-state index contributed by atoms with van der Waals surface area (Å²) in [6.45, 7) is -0.0772. The van der Waals surface area contributed by atoms with Crippen molar-refractivity contribution < 1.29 is 18.7 Å². The lowest BCUT2D eigenvalue weighted by atomic mass is 10.1. The zero-order valence-corrected chi connectivity index (χ0v) is 13.1. The van der Waals surface area contributed by atoms with E-state index >= 15 is 0 Å². The molecular weight excluding hydrogens is 317 g/mol. The van der Waals surface area contributed by atoms with Gasteiger partial charge >= 0.3 is 5.97 Å². The van der Waals surface area contributed by atoms with Gasteiger partial charge in [-0.05, 0) is 46.5 Å². The van der Waals surface area contributed by atoms with Gasteiger partial charge in [0.05, 0.1) is 0 Å². The van der Waals surface area contributed by atoms with Crippen LogP contribution in [0.25, 0.3) is 6.08 Å². The van der Waals surface area contributed by atoms with Gasteiger partial charge < -0.3 is 10.1 Å². The molecule has 0 bridgehead atoms. The summed E-state index contributed by atoms with van der Waals surface area (Å²) in [6.07, 6.45) is 3.27. The SMILES string of the molecule is O=C(COC(=O)/C=C/c1ccsc1)NCCc1ccccc1F. The topological polar surface area (TPSA) is 55.4 Å². The number of benzene rings is 1. The van der Waals surface area contributed by atoms with E-state index in [9.17, 15) is 14.0 Å². The molecule has 2 aromatic rings. The molecule has 1 heterocycles. The Morgan fingerprint density at radius 1 is 1.26 bits per heavy atom. The zero-order valence-electron chi connectivity index (χ0n) is 12.3. The van der Waals surface area contributed by atoms with Crippen LogP contribution in [0, 0.1) is 5.82 Å². The standard InChI is InChI=1S/C17H16FNO3S/c18-15-4-2-1-3-14(15)7-9-19-16(20)11-22-17(21)6-5-13-8-10-23-12-13/h1-6,8,10,12H,7,9,11H2,(H,19,20)/b6-5+. The fraction of sp³-hybridized carbons (Fsp3) is 0.176. The van der Waals surface area contributed by atoms with Crippen molar-refractivity contribution in [1.29, 1.82) is 0 Å². The van der Waals surface area contributed by atoms with Crippen LogP contribution >= 0.6 is 11.3 Å². The number of carbonyl (C=O) groups excluding carboxylic acids is 2. The van der Waals surface area contributed by atoms with Crippen LogP contribution in [0.1, 0.15) is 11.1 Å². The van der Waals surface area contributed by atoms with Crippen LogP contribution in [-0.4, -0.2) is 25.0 Å². The number of hydrogen-bond acceptors (Lipinski definition) is 4. The lowest BCUT2D eigenvalue weighted by Crippen LogP contribution is -2.30. The highest BCUT2D eigenvalue weighted by molar-refractivity contribution is 7.08. The third kappa shape index (κ3) is 6.04. The number of nitrogens with one attached hydrogen (secondary N) is 1. The highest BCUT2D eigenvalue weighted by Crippen LogP contribution is 2.07. The maximum Gasteiger partial charge on any atom is 0.331 e. The van der Waals surface area contributed by atoms with Crippen LogP contribution in [0.3, 0.4) is 0 Å². The second-order valence-corrected chi connectivity index (χ2v) is 5.47. The Morgan fingerprint density at radius 2 is 2.09 bits per heavy atom. The van der Waals surface area contributed by atoms with E-state index in [-0.39, 0.29) is 19.0 Å². The molecule has 1 aromatic heterocycles. The molecule has 2 rings (SSSR count). The van der Waals surface area contributed by atoms with Gasteiger partial charge in [0.15, 0.2) is 6.61 Å². The molecule has 0 saturated heterocycles. The summed E-state index contributed by atoms with van der Waals surface area (Å²) in [6, 6.07) is 8.25. The molecule has 4 nitrogen and oxygen atoms in total. The zero-order chi connectivity index (χ0) is 16.5. The lowest BCUT2D eigenvalue weighted by molar-refractivity contribution is -0.143. The number of ether oxygens (including phenoxy) is 1. The molecule has 1 amide bonds. The molecule has 23 heavy (non-hydrogen) atoms. The van der Waals surface area contributed by atoms with E-state index < -0.39 is 11.9 Å². The van der Waals surface area contributed by atoms with Gasteiger partial charge in [-0.1, -0.05) is 18.2 Å². The Balaban J connectivity index is 1.65. The summed E-state index contributed by atoms with van der Waals surface area (Å²) in [5, 5.41) is 6.36. The number of rotatable bonds is 7. The molecule has 0 atom stereocenters. The number of hydrogen-bond donors (Lipinski definition) is 1. The van der Waals surface area contributed by atoms with Crippen LogP contribution < -0.4 is 5.32 Å². The van der Waals surface area contributed by atoms with Crippen molar-refractivity contribution >= 4 is 29.3 Å². The van der Waals surface area contributed by atoms with Crippen molar-refractivity contribution in [3.05, 3.63) is 64.1 Å². The number of carbonyl (C=O) groups is 2. The first-order valence-corrected chi connectivity index (χ1v) is 7.96. The van der Waals surface area contributed by atoms with E-state index in [1.54, 1.807) is 24.3 Å². The van der Waals surface area contributed by atoms with Crippen molar-refractivity contribution in [1.82, 2.24) is 5.32 Å². The average molecular weight is 333 g/mol. The molecule has 0 aliphatic heterocycles. The van der Waals surface area contributed by atoms with E-state index in [4.69, 9.17) is 4.74 Å². The Morgan fingerprint density at radius 3 is 2.83 bits per heavy atom. The fourth-order valence-electron chi connectivity index (χ4n) is 1.81. The van der Waals surface area contributed by atoms with Gasteiger partial charge in [-0.25, -0.2) is 9.18 Å². The summed E-state index contributed by atoms with van der Waals surface area (Å²) in [4.78, 5) is 23.0. The minimum absolute atomic E-state index is 0.280. The van der Waals surface area contributed by atoms with E-state index in [1.165, 1.54) is 23.5 Å². The number of amides is 1. The first-order chi connectivity index (χ1) is 11.1. The van der Waals surface area contributed by atoms with Crippen molar-refractivity contribution in [3.63, 3.8) is 0 Å². The van der Waals surface area contributed by atoms with Gasteiger partial charge in [-0.2, -0.15) is 11.3 Å². The Bertz CT molecular complexity index is 683. The molecule has 0 unspecified atom stereocenters. The summed E-state index contributed by atoms with van der Waals surface area (Å²) >= 11 is 1.52. The molecule has 0 saturated carbocycles. The largest absolute Gasteiger partial charge is 0.452 e.